The number of amides is 1. The maximum absolute atomic E-state index is 13.1. The van der Waals surface area contributed by atoms with E-state index in [9.17, 15) is 4.79 Å². The van der Waals surface area contributed by atoms with Gasteiger partial charge >= 0.3 is 0 Å². The van der Waals surface area contributed by atoms with Crippen LogP contribution in [-0.2, 0) is 4.79 Å². The minimum Gasteiger partial charge on any atom is -0.392 e. The van der Waals surface area contributed by atoms with Crippen LogP contribution in [0.4, 0.5) is 0 Å². The Balaban J connectivity index is 2.12. The summed E-state index contributed by atoms with van der Waals surface area (Å²) in [7, 11) is 0. The van der Waals surface area contributed by atoms with E-state index in [2.05, 4.69) is 6.92 Å². The second kappa shape index (κ2) is 6.88. The van der Waals surface area contributed by atoms with E-state index in [0.29, 0.717) is 10.9 Å². The van der Waals surface area contributed by atoms with Crippen molar-refractivity contribution in [1.29, 1.82) is 0 Å². The second-order valence-corrected chi connectivity index (χ2v) is 6.94. The summed E-state index contributed by atoms with van der Waals surface area (Å²) in [5.41, 5.74) is 5.48. The molecule has 0 aromatic heterocycles. The van der Waals surface area contributed by atoms with Gasteiger partial charge in [-0.3, -0.25) is 4.79 Å². The van der Waals surface area contributed by atoms with Crippen molar-refractivity contribution >= 4 is 23.1 Å². The Morgan fingerprint density at radius 1 is 1.20 bits per heavy atom. The predicted octanol–water partition coefficient (Wildman–Crippen LogP) is 3.26. The van der Waals surface area contributed by atoms with E-state index >= 15 is 0 Å². The van der Waals surface area contributed by atoms with Gasteiger partial charge in [0.15, 0.2) is 0 Å². The van der Waals surface area contributed by atoms with Crippen LogP contribution in [-0.4, -0.2) is 28.9 Å². The first kappa shape index (κ1) is 15.7. The molecule has 0 radical (unpaired) electrons. The molecular weight excluding hydrogens is 268 g/mol. The molecular formula is C16H28N2OS. The molecule has 0 heterocycles. The van der Waals surface area contributed by atoms with E-state index in [1.54, 1.807) is 0 Å². The number of thiocarbonyl (C=S) groups is 1. The average molecular weight is 296 g/mol. The molecule has 0 aromatic carbocycles. The highest BCUT2D eigenvalue weighted by molar-refractivity contribution is 7.80. The van der Waals surface area contributed by atoms with Crippen molar-refractivity contribution in [2.24, 2.45) is 17.1 Å². The zero-order chi connectivity index (χ0) is 14.6. The van der Waals surface area contributed by atoms with E-state index in [4.69, 9.17) is 18.0 Å². The zero-order valence-corrected chi connectivity index (χ0v) is 13.5. The van der Waals surface area contributed by atoms with Crippen LogP contribution in [0.3, 0.4) is 0 Å². The van der Waals surface area contributed by atoms with Gasteiger partial charge in [-0.1, -0.05) is 44.3 Å². The van der Waals surface area contributed by atoms with Crippen molar-refractivity contribution in [2.75, 3.05) is 13.1 Å². The van der Waals surface area contributed by atoms with Crippen LogP contribution in [0.1, 0.15) is 64.7 Å². The van der Waals surface area contributed by atoms with Gasteiger partial charge in [-0.15, -0.1) is 0 Å². The van der Waals surface area contributed by atoms with Gasteiger partial charge < -0.3 is 10.6 Å². The molecule has 2 saturated carbocycles. The summed E-state index contributed by atoms with van der Waals surface area (Å²) in [6, 6.07) is 0. The SMILES string of the molecule is CCN(CC1CCC1)C(=O)C1(C(N)=S)CCCCCC1. The lowest BCUT2D eigenvalue weighted by Gasteiger charge is -2.38. The predicted molar refractivity (Wildman–Crippen MR) is 86.5 cm³/mol. The monoisotopic (exact) mass is 296 g/mol. The Hall–Kier alpha value is -0.640. The van der Waals surface area contributed by atoms with Crippen molar-refractivity contribution in [1.82, 2.24) is 4.90 Å². The molecule has 0 aliphatic heterocycles. The van der Waals surface area contributed by atoms with Gasteiger partial charge in [0, 0.05) is 13.1 Å². The molecule has 4 heteroatoms. The lowest BCUT2D eigenvalue weighted by molar-refractivity contribution is -0.139. The molecule has 0 bridgehead atoms. The Labute approximate surface area is 128 Å². The molecule has 2 aliphatic rings. The first-order valence-electron chi connectivity index (χ1n) is 8.19. The highest BCUT2D eigenvalue weighted by atomic mass is 32.1. The van der Waals surface area contributed by atoms with Crippen LogP contribution in [0.25, 0.3) is 0 Å². The van der Waals surface area contributed by atoms with E-state index in [1.807, 2.05) is 4.90 Å². The molecule has 0 aromatic rings. The number of hydrogen-bond donors (Lipinski definition) is 1. The molecule has 2 fully saturated rings. The largest absolute Gasteiger partial charge is 0.392 e. The summed E-state index contributed by atoms with van der Waals surface area (Å²) in [5.74, 6) is 0.911. The molecule has 114 valence electrons. The van der Waals surface area contributed by atoms with Gasteiger partial charge in [0.25, 0.3) is 0 Å². The number of carbonyl (C=O) groups excluding carboxylic acids is 1. The Morgan fingerprint density at radius 3 is 2.20 bits per heavy atom. The molecule has 3 nitrogen and oxygen atoms in total. The summed E-state index contributed by atoms with van der Waals surface area (Å²) in [6.45, 7) is 3.75. The lowest BCUT2D eigenvalue weighted by Crippen LogP contribution is -2.52. The van der Waals surface area contributed by atoms with Crippen molar-refractivity contribution in [3.8, 4) is 0 Å². The molecule has 1 amide bonds. The summed E-state index contributed by atoms with van der Waals surface area (Å²) in [4.78, 5) is 15.5. The summed E-state index contributed by atoms with van der Waals surface area (Å²) >= 11 is 5.32. The summed E-state index contributed by atoms with van der Waals surface area (Å²) < 4.78 is 0. The standard InChI is InChI=1S/C16H28N2OS/c1-2-18(12-13-8-7-9-13)15(19)16(14(17)20)10-5-3-4-6-11-16/h13H,2-12H2,1H3,(H2,17,20). The van der Waals surface area contributed by atoms with Gasteiger partial charge in [-0.05, 0) is 38.5 Å². The Morgan fingerprint density at radius 2 is 1.80 bits per heavy atom. The van der Waals surface area contributed by atoms with Crippen LogP contribution in [0.5, 0.6) is 0 Å². The second-order valence-electron chi connectivity index (χ2n) is 6.50. The number of carbonyl (C=O) groups is 1. The maximum Gasteiger partial charge on any atom is 0.235 e. The van der Waals surface area contributed by atoms with Crippen LogP contribution < -0.4 is 5.73 Å². The maximum atomic E-state index is 13.1. The first-order valence-corrected chi connectivity index (χ1v) is 8.60. The fourth-order valence-electron chi connectivity index (χ4n) is 3.54. The highest BCUT2D eigenvalue weighted by Crippen LogP contribution is 2.38. The minimum absolute atomic E-state index is 0.210. The van der Waals surface area contributed by atoms with Crippen LogP contribution >= 0.6 is 12.2 Å². The Bertz CT molecular complexity index is 357. The van der Waals surface area contributed by atoms with Crippen LogP contribution in [0, 0.1) is 11.3 Å². The van der Waals surface area contributed by atoms with E-state index in [-0.39, 0.29) is 5.91 Å². The molecule has 2 rings (SSSR count). The third-order valence-corrected chi connectivity index (χ3v) is 5.60. The zero-order valence-electron chi connectivity index (χ0n) is 12.7. The molecule has 2 N–H and O–H groups in total. The molecule has 0 atom stereocenters. The van der Waals surface area contributed by atoms with Gasteiger partial charge in [0.1, 0.15) is 0 Å². The first-order chi connectivity index (χ1) is 9.60. The molecule has 20 heavy (non-hydrogen) atoms. The lowest BCUT2D eigenvalue weighted by atomic mass is 9.78. The normalized spacial score (nSPS) is 22.6. The van der Waals surface area contributed by atoms with Crippen molar-refractivity contribution in [3.63, 3.8) is 0 Å². The highest BCUT2D eigenvalue weighted by Gasteiger charge is 2.44. The number of hydrogen-bond acceptors (Lipinski definition) is 2. The topological polar surface area (TPSA) is 46.3 Å². The fraction of sp³-hybridized carbons (Fsp3) is 0.875. The van der Waals surface area contributed by atoms with Crippen molar-refractivity contribution in [3.05, 3.63) is 0 Å². The average Bonchev–Trinajstić information content (AvgIpc) is 2.63. The fourth-order valence-corrected chi connectivity index (χ4v) is 3.83. The number of nitrogens with zero attached hydrogens (tertiary/aromatic N) is 1. The Kier molecular flexibility index (Phi) is 5.42. The molecule has 2 aliphatic carbocycles. The quantitative estimate of drug-likeness (QED) is 0.625. The van der Waals surface area contributed by atoms with E-state index < -0.39 is 5.41 Å². The smallest absolute Gasteiger partial charge is 0.235 e. The molecule has 0 spiro atoms. The van der Waals surface area contributed by atoms with E-state index in [0.717, 1.165) is 38.8 Å². The van der Waals surface area contributed by atoms with Crippen molar-refractivity contribution in [2.45, 2.75) is 64.7 Å². The minimum atomic E-state index is -0.550. The van der Waals surface area contributed by atoms with Gasteiger partial charge in [0.2, 0.25) is 5.91 Å². The number of rotatable bonds is 5. The van der Waals surface area contributed by atoms with Gasteiger partial charge in [-0.25, -0.2) is 0 Å². The van der Waals surface area contributed by atoms with Gasteiger partial charge in [0.05, 0.1) is 10.4 Å². The number of nitrogens with two attached hydrogens (primary N) is 1. The summed E-state index contributed by atoms with van der Waals surface area (Å²) in [5, 5.41) is 0. The third-order valence-electron chi connectivity index (χ3n) is 5.21. The van der Waals surface area contributed by atoms with E-state index in [1.165, 1.54) is 32.1 Å². The van der Waals surface area contributed by atoms with Gasteiger partial charge in [-0.2, -0.15) is 0 Å². The van der Waals surface area contributed by atoms with Crippen LogP contribution in [0.2, 0.25) is 0 Å². The van der Waals surface area contributed by atoms with Crippen LogP contribution in [0.15, 0.2) is 0 Å². The molecule has 0 unspecified atom stereocenters. The third kappa shape index (κ3) is 3.16. The van der Waals surface area contributed by atoms with Crippen molar-refractivity contribution < 1.29 is 4.79 Å². The molecule has 0 saturated heterocycles. The summed E-state index contributed by atoms with van der Waals surface area (Å²) in [6.07, 6.45) is 10.1.